The first-order valence-corrected chi connectivity index (χ1v) is 8.58. The predicted molar refractivity (Wildman–Crippen MR) is 104 cm³/mol. The smallest absolute Gasteiger partial charge is 0.226 e. The lowest BCUT2D eigenvalue weighted by Crippen LogP contribution is -2.27. The van der Waals surface area contributed by atoms with Crippen LogP contribution in [-0.2, 0) is 11.4 Å². The zero-order valence-corrected chi connectivity index (χ0v) is 15.4. The van der Waals surface area contributed by atoms with Gasteiger partial charge in [-0.2, -0.15) is 0 Å². The lowest BCUT2D eigenvalue weighted by atomic mass is 10.1. The SMILES string of the molecule is Cl.O=C(CC1CCCN1)Nc1ccccc1OCc1cccc(Cl)c1. The largest absolute Gasteiger partial charge is 0.487 e. The summed E-state index contributed by atoms with van der Waals surface area (Å²) >= 11 is 5.99. The van der Waals surface area contributed by atoms with E-state index in [1.54, 1.807) is 0 Å². The van der Waals surface area contributed by atoms with Crippen LogP contribution in [0.3, 0.4) is 0 Å². The number of anilines is 1. The molecule has 0 spiro atoms. The molecule has 1 fully saturated rings. The molecule has 2 N–H and O–H groups in total. The van der Waals surface area contributed by atoms with E-state index < -0.39 is 0 Å². The van der Waals surface area contributed by atoms with Crippen LogP contribution in [0.15, 0.2) is 48.5 Å². The summed E-state index contributed by atoms with van der Waals surface area (Å²) in [4.78, 5) is 12.2. The average Bonchev–Trinajstić information content (AvgIpc) is 3.07. The molecule has 1 heterocycles. The van der Waals surface area contributed by atoms with E-state index in [1.165, 1.54) is 0 Å². The summed E-state index contributed by atoms with van der Waals surface area (Å²) in [6.45, 7) is 1.40. The number of rotatable bonds is 6. The predicted octanol–water partition coefficient (Wildman–Crippen LogP) is 4.42. The minimum absolute atomic E-state index is 0. The van der Waals surface area contributed by atoms with Gasteiger partial charge in [0.1, 0.15) is 12.4 Å². The zero-order valence-electron chi connectivity index (χ0n) is 13.8. The maximum Gasteiger partial charge on any atom is 0.226 e. The third-order valence-electron chi connectivity index (χ3n) is 4.04. The highest BCUT2D eigenvalue weighted by atomic mass is 35.5. The molecule has 25 heavy (non-hydrogen) atoms. The molecule has 2 aromatic rings. The second-order valence-corrected chi connectivity index (χ2v) is 6.40. The summed E-state index contributed by atoms with van der Waals surface area (Å²) in [7, 11) is 0. The molecule has 3 rings (SSSR count). The Hall–Kier alpha value is -1.75. The summed E-state index contributed by atoms with van der Waals surface area (Å²) in [5.74, 6) is 0.665. The molecule has 0 radical (unpaired) electrons. The molecule has 1 aliphatic heterocycles. The summed E-state index contributed by atoms with van der Waals surface area (Å²) < 4.78 is 5.86. The summed E-state index contributed by atoms with van der Waals surface area (Å²) in [6, 6.07) is 15.3. The second-order valence-electron chi connectivity index (χ2n) is 5.96. The van der Waals surface area contributed by atoms with Gasteiger partial charge < -0.3 is 15.4 Å². The second kappa shape index (κ2) is 9.66. The molecule has 1 amide bonds. The highest BCUT2D eigenvalue weighted by Gasteiger charge is 2.18. The van der Waals surface area contributed by atoms with E-state index in [0.717, 1.165) is 24.9 Å². The topological polar surface area (TPSA) is 50.4 Å². The van der Waals surface area contributed by atoms with Crippen molar-refractivity contribution in [3.63, 3.8) is 0 Å². The number of amides is 1. The quantitative estimate of drug-likeness (QED) is 0.779. The molecule has 1 aliphatic rings. The molecule has 134 valence electrons. The van der Waals surface area contributed by atoms with Crippen LogP contribution >= 0.6 is 24.0 Å². The van der Waals surface area contributed by atoms with E-state index in [4.69, 9.17) is 16.3 Å². The van der Waals surface area contributed by atoms with Crippen LogP contribution in [0.2, 0.25) is 5.02 Å². The van der Waals surface area contributed by atoms with Crippen molar-refractivity contribution in [3.8, 4) is 5.75 Å². The van der Waals surface area contributed by atoms with E-state index >= 15 is 0 Å². The molecule has 0 bridgehead atoms. The first-order valence-electron chi connectivity index (χ1n) is 8.20. The van der Waals surface area contributed by atoms with Crippen molar-refractivity contribution in [1.82, 2.24) is 5.32 Å². The molecule has 2 aromatic carbocycles. The van der Waals surface area contributed by atoms with Crippen molar-refractivity contribution in [2.24, 2.45) is 0 Å². The van der Waals surface area contributed by atoms with Crippen LogP contribution < -0.4 is 15.4 Å². The van der Waals surface area contributed by atoms with Crippen LogP contribution in [0.4, 0.5) is 5.69 Å². The van der Waals surface area contributed by atoms with Crippen molar-refractivity contribution < 1.29 is 9.53 Å². The monoisotopic (exact) mass is 380 g/mol. The number of ether oxygens (including phenoxy) is 1. The highest BCUT2D eigenvalue weighted by molar-refractivity contribution is 6.30. The standard InChI is InChI=1S/C19H21ClN2O2.ClH/c20-15-6-3-5-14(11-15)13-24-18-9-2-1-8-17(18)22-19(23)12-16-7-4-10-21-16;/h1-3,5-6,8-9,11,16,21H,4,7,10,12-13H2,(H,22,23);1H. The minimum atomic E-state index is 0. The Morgan fingerprint density at radius 1 is 1.24 bits per heavy atom. The molecule has 4 nitrogen and oxygen atoms in total. The van der Waals surface area contributed by atoms with Crippen LogP contribution in [0, 0.1) is 0 Å². The van der Waals surface area contributed by atoms with Gasteiger partial charge in [-0.15, -0.1) is 12.4 Å². The number of halogens is 2. The van der Waals surface area contributed by atoms with Crippen LogP contribution in [0.1, 0.15) is 24.8 Å². The van der Waals surface area contributed by atoms with Gasteiger partial charge in [0.15, 0.2) is 0 Å². The molecule has 6 heteroatoms. The third-order valence-corrected chi connectivity index (χ3v) is 4.27. The molecule has 1 saturated heterocycles. The number of benzene rings is 2. The van der Waals surface area contributed by atoms with E-state index in [0.29, 0.717) is 29.5 Å². The van der Waals surface area contributed by atoms with Gasteiger partial charge in [0.2, 0.25) is 5.91 Å². The number of para-hydroxylation sites is 2. The number of carbonyl (C=O) groups excluding carboxylic acids is 1. The highest BCUT2D eigenvalue weighted by Crippen LogP contribution is 2.25. The Kier molecular flexibility index (Phi) is 7.56. The van der Waals surface area contributed by atoms with Gasteiger partial charge in [-0.3, -0.25) is 4.79 Å². The Labute approximate surface area is 159 Å². The third kappa shape index (κ3) is 5.92. The number of hydrogen-bond acceptors (Lipinski definition) is 3. The molecule has 1 atom stereocenters. The Morgan fingerprint density at radius 3 is 2.84 bits per heavy atom. The minimum Gasteiger partial charge on any atom is -0.487 e. The molecular weight excluding hydrogens is 359 g/mol. The van der Waals surface area contributed by atoms with Crippen molar-refractivity contribution in [3.05, 3.63) is 59.1 Å². The fourth-order valence-corrected chi connectivity index (χ4v) is 3.05. The van der Waals surface area contributed by atoms with E-state index in [1.807, 2.05) is 48.5 Å². The maximum atomic E-state index is 12.2. The zero-order chi connectivity index (χ0) is 16.8. The normalized spacial score (nSPS) is 16.1. The summed E-state index contributed by atoms with van der Waals surface area (Å²) in [5, 5.41) is 6.97. The molecule has 0 saturated carbocycles. The van der Waals surface area contributed by atoms with Gasteiger partial charge in [0.05, 0.1) is 5.69 Å². The molecular formula is C19H22Cl2N2O2. The fraction of sp³-hybridized carbons (Fsp3) is 0.316. The van der Waals surface area contributed by atoms with Crippen molar-refractivity contribution >= 4 is 35.6 Å². The number of nitrogens with one attached hydrogen (secondary N) is 2. The first kappa shape index (κ1) is 19.6. The number of carbonyl (C=O) groups is 1. The lowest BCUT2D eigenvalue weighted by molar-refractivity contribution is -0.116. The lowest BCUT2D eigenvalue weighted by Gasteiger charge is -2.14. The average molecular weight is 381 g/mol. The van der Waals surface area contributed by atoms with Gasteiger partial charge in [-0.25, -0.2) is 0 Å². The fourth-order valence-electron chi connectivity index (χ4n) is 2.84. The van der Waals surface area contributed by atoms with Crippen LogP contribution in [0.25, 0.3) is 0 Å². The van der Waals surface area contributed by atoms with Gasteiger partial charge in [-0.1, -0.05) is 35.9 Å². The van der Waals surface area contributed by atoms with Gasteiger partial charge >= 0.3 is 0 Å². The molecule has 0 aromatic heterocycles. The first-order chi connectivity index (χ1) is 11.7. The Morgan fingerprint density at radius 2 is 2.08 bits per heavy atom. The van der Waals surface area contributed by atoms with Crippen molar-refractivity contribution in [2.45, 2.75) is 31.9 Å². The number of hydrogen-bond donors (Lipinski definition) is 2. The summed E-state index contributed by atoms with van der Waals surface area (Å²) in [6.07, 6.45) is 2.68. The summed E-state index contributed by atoms with van der Waals surface area (Å²) in [5.41, 5.74) is 1.68. The maximum absolute atomic E-state index is 12.2. The molecule has 1 unspecified atom stereocenters. The molecule has 0 aliphatic carbocycles. The van der Waals surface area contributed by atoms with E-state index in [2.05, 4.69) is 10.6 Å². The van der Waals surface area contributed by atoms with Crippen molar-refractivity contribution in [1.29, 1.82) is 0 Å². The van der Waals surface area contributed by atoms with Gasteiger partial charge in [0.25, 0.3) is 0 Å². The Balaban J connectivity index is 0.00000225. The van der Waals surface area contributed by atoms with Crippen LogP contribution in [-0.4, -0.2) is 18.5 Å². The van der Waals surface area contributed by atoms with E-state index in [-0.39, 0.29) is 24.4 Å². The van der Waals surface area contributed by atoms with Crippen LogP contribution in [0.5, 0.6) is 5.75 Å². The van der Waals surface area contributed by atoms with Crippen molar-refractivity contribution in [2.75, 3.05) is 11.9 Å². The van der Waals surface area contributed by atoms with Gasteiger partial charge in [-0.05, 0) is 49.2 Å². The Bertz CT molecular complexity index is 703. The van der Waals surface area contributed by atoms with E-state index in [9.17, 15) is 4.79 Å². The van der Waals surface area contributed by atoms with Gasteiger partial charge in [0, 0.05) is 17.5 Å².